The van der Waals surface area contributed by atoms with Gasteiger partial charge in [-0.2, -0.15) is 21.6 Å². The van der Waals surface area contributed by atoms with Gasteiger partial charge in [-0.1, -0.05) is 66.7 Å². The lowest BCUT2D eigenvalue weighted by Crippen LogP contribution is -2.17. The van der Waals surface area contributed by atoms with Crippen molar-refractivity contribution in [3.8, 4) is 11.3 Å². The second-order valence-electron chi connectivity index (χ2n) is 7.17. The topological polar surface area (TPSA) is 49.9 Å². The average molecular weight is 447 g/mol. The lowest BCUT2D eigenvalue weighted by atomic mass is 9.85. The molecule has 0 bridgehead atoms. The van der Waals surface area contributed by atoms with Gasteiger partial charge in [0.1, 0.15) is 4.90 Å². The van der Waals surface area contributed by atoms with Gasteiger partial charge in [-0.3, -0.25) is 0 Å². The van der Waals surface area contributed by atoms with Crippen LogP contribution in [0.15, 0.2) is 83.8 Å². The Hall–Kier alpha value is -3.13. The number of H-pyrrole nitrogens is 1. The van der Waals surface area contributed by atoms with Crippen molar-refractivity contribution in [1.82, 2.24) is 4.98 Å². The Morgan fingerprint density at radius 3 is 2.13 bits per heavy atom. The zero-order valence-corrected chi connectivity index (χ0v) is 16.8. The van der Waals surface area contributed by atoms with E-state index >= 15 is 0 Å². The van der Waals surface area contributed by atoms with E-state index in [9.17, 15) is 25.5 Å². The van der Waals surface area contributed by atoms with E-state index in [-0.39, 0.29) is 11.1 Å². The molecule has 0 saturated carbocycles. The number of hydrogen-bond acceptors (Lipinski definition) is 2. The summed E-state index contributed by atoms with van der Waals surface area (Å²) in [6.07, 6.45) is -5.97. The fourth-order valence-electron chi connectivity index (χ4n) is 3.95. The predicted molar refractivity (Wildman–Crippen MR) is 111 cm³/mol. The Kier molecular flexibility index (Phi) is 5.35. The van der Waals surface area contributed by atoms with E-state index in [4.69, 9.17) is 0 Å². The molecule has 160 valence electrons. The summed E-state index contributed by atoms with van der Waals surface area (Å²) in [7, 11) is -5.23. The van der Waals surface area contributed by atoms with E-state index in [1.54, 1.807) is 54.6 Å². The molecule has 0 radical (unpaired) electrons. The molecule has 4 rings (SSSR count). The summed E-state index contributed by atoms with van der Waals surface area (Å²) in [5.41, 5.74) is 1.71. The minimum atomic E-state index is -5.23. The number of halogens is 4. The molecule has 4 aromatic rings. The molecule has 1 N–H and O–H groups in total. The van der Waals surface area contributed by atoms with Crippen LogP contribution < -0.4 is 0 Å². The van der Waals surface area contributed by atoms with Gasteiger partial charge in [0.05, 0.1) is 12.1 Å². The monoisotopic (exact) mass is 447 g/mol. The van der Waals surface area contributed by atoms with Crippen LogP contribution in [0.5, 0.6) is 0 Å². The Labute approximate surface area is 176 Å². The molecule has 1 unspecified atom stereocenters. The van der Waals surface area contributed by atoms with Crippen molar-refractivity contribution in [2.45, 2.75) is 23.4 Å². The highest BCUT2D eigenvalue weighted by molar-refractivity contribution is 7.86. The first-order chi connectivity index (χ1) is 14.6. The van der Waals surface area contributed by atoms with Crippen LogP contribution in [0.25, 0.3) is 22.2 Å². The number of alkyl halides is 3. The lowest BCUT2D eigenvalue weighted by Gasteiger charge is -2.22. The fraction of sp³-hybridized carbons (Fsp3) is 0.130. The molecule has 0 aliphatic rings. The highest BCUT2D eigenvalue weighted by atomic mass is 32.3. The number of fused-ring (bicyclic) bond motifs is 1. The minimum absolute atomic E-state index is 0.232. The van der Waals surface area contributed by atoms with Gasteiger partial charge in [0.25, 0.3) is 0 Å². The number of aromatic nitrogens is 1. The predicted octanol–water partition coefficient (Wildman–Crippen LogP) is 6.58. The third-order valence-electron chi connectivity index (χ3n) is 5.15. The maximum absolute atomic E-state index is 14.0. The third kappa shape index (κ3) is 4.34. The summed E-state index contributed by atoms with van der Waals surface area (Å²) in [6.45, 7) is 0. The zero-order chi connectivity index (χ0) is 22.2. The van der Waals surface area contributed by atoms with Gasteiger partial charge in [-0.05, 0) is 28.8 Å². The van der Waals surface area contributed by atoms with E-state index in [0.717, 1.165) is 6.07 Å². The molecule has 1 atom stereocenters. The number of aromatic amines is 1. The highest BCUT2D eigenvalue weighted by Gasteiger charge is 2.38. The second kappa shape index (κ2) is 7.85. The molecule has 31 heavy (non-hydrogen) atoms. The van der Waals surface area contributed by atoms with Gasteiger partial charge < -0.3 is 4.98 Å². The van der Waals surface area contributed by atoms with Crippen molar-refractivity contribution >= 4 is 21.1 Å². The van der Waals surface area contributed by atoms with Crippen LogP contribution in [-0.2, 0) is 10.2 Å². The van der Waals surface area contributed by atoms with Gasteiger partial charge in [-0.15, -0.1) is 3.89 Å². The number of benzene rings is 3. The van der Waals surface area contributed by atoms with Crippen molar-refractivity contribution in [3.63, 3.8) is 0 Å². The summed E-state index contributed by atoms with van der Waals surface area (Å²) in [5, 5.41) is 0.515. The highest BCUT2D eigenvalue weighted by Crippen LogP contribution is 2.45. The number of hydrogen-bond donors (Lipinski definition) is 1. The van der Waals surface area contributed by atoms with Gasteiger partial charge in [0.15, 0.2) is 0 Å². The summed E-state index contributed by atoms with van der Waals surface area (Å²) in [4.78, 5) is 2.41. The summed E-state index contributed by atoms with van der Waals surface area (Å²) in [5.74, 6) is -1.44. The van der Waals surface area contributed by atoms with Crippen LogP contribution in [0.2, 0.25) is 0 Å². The molecular weight excluding hydrogens is 430 g/mol. The first-order valence-corrected chi connectivity index (χ1v) is 10.8. The van der Waals surface area contributed by atoms with Crippen LogP contribution in [0.1, 0.15) is 23.5 Å². The molecule has 0 spiro atoms. The van der Waals surface area contributed by atoms with Crippen molar-refractivity contribution in [2.24, 2.45) is 0 Å². The molecule has 0 aliphatic carbocycles. The van der Waals surface area contributed by atoms with Gasteiger partial charge in [0.2, 0.25) is 0 Å². The quantitative estimate of drug-likeness (QED) is 0.278. The van der Waals surface area contributed by atoms with Crippen molar-refractivity contribution in [3.05, 3.63) is 90.0 Å². The third-order valence-corrected chi connectivity index (χ3v) is 6.05. The second-order valence-corrected chi connectivity index (χ2v) is 8.49. The Morgan fingerprint density at radius 2 is 1.45 bits per heavy atom. The fourth-order valence-corrected chi connectivity index (χ4v) is 4.68. The van der Waals surface area contributed by atoms with Crippen LogP contribution in [-0.4, -0.2) is 19.6 Å². The smallest absolute Gasteiger partial charge is 0.354 e. The van der Waals surface area contributed by atoms with Crippen LogP contribution in [0.3, 0.4) is 0 Å². The number of rotatable bonds is 5. The first-order valence-electron chi connectivity index (χ1n) is 9.41. The Morgan fingerprint density at radius 1 is 0.839 bits per heavy atom. The molecule has 1 heterocycles. The Balaban J connectivity index is 2.07. The van der Waals surface area contributed by atoms with Crippen LogP contribution in [0, 0.1) is 0 Å². The zero-order valence-electron chi connectivity index (χ0n) is 16.0. The van der Waals surface area contributed by atoms with Crippen molar-refractivity contribution in [2.75, 3.05) is 0 Å². The van der Waals surface area contributed by atoms with Gasteiger partial charge in [-0.25, -0.2) is 0 Å². The standard InChI is InChI=1S/C23H17F4NO2S/c24-23(25,26)14-18(16-10-5-7-13-20(16)31(27,29)30)21-17-11-4-6-12-19(17)28-22(21)15-8-2-1-3-9-15/h1-13,18,28H,14H2. The minimum Gasteiger partial charge on any atom is -0.354 e. The van der Waals surface area contributed by atoms with Crippen molar-refractivity contribution in [1.29, 1.82) is 0 Å². The van der Waals surface area contributed by atoms with E-state index in [1.807, 2.05) is 0 Å². The number of para-hydroxylation sites is 1. The molecule has 1 aromatic heterocycles. The normalized spacial score (nSPS) is 13.4. The van der Waals surface area contributed by atoms with Crippen LogP contribution in [0.4, 0.5) is 17.1 Å². The van der Waals surface area contributed by atoms with Gasteiger partial charge in [0, 0.05) is 16.8 Å². The molecule has 3 nitrogen and oxygen atoms in total. The lowest BCUT2D eigenvalue weighted by molar-refractivity contribution is -0.136. The molecule has 3 aromatic carbocycles. The van der Waals surface area contributed by atoms with Crippen molar-refractivity contribution < 1.29 is 25.5 Å². The Bertz CT molecular complexity index is 1330. The maximum atomic E-state index is 14.0. The molecule has 8 heteroatoms. The van der Waals surface area contributed by atoms with Crippen LogP contribution >= 0.6 is 0 Å². The molecule has 0 fully saturated rings. The summed E-state index contributed by atoms with van der Waals surface area (Å²) in [6, 6.07) is 20.5. The maximum Gasteiger partial charge on any atom is 0.390 e. The molecule has 0 aliphatic heterocycles. The molecule has 0 amide bonds. The molecule has 0 saturated heterocycles. The van der Waals surface area contributed by atoms with E-state index in [0.29, 0.717) is 22.2 Å². The van der Waals surface area contributed by atoms with E-state index in [2.05, 4.69) is 4.98 Å². The summed E-state index contributed by atoms with van der Waals surface area (Å²) < 4.78 is 78.6. The SMILES string of the molecule is O=S(=O)(F)c1ccccc1C(CC(F)(F)F)c1c(-c2ccccc2)[nH]c2ccccc12. The summed E-state index contributed by atoms with van der Waals surface area (Å²) >= 11 is 0. The van der Waals surface area contributed by atoms with Gasteiger partial charge >= 0.3 is 16.4 Å². The van der Waals surface area contributed by atoms with E-state index < -0.39 is 33.6 Å². The van der Waals surface area contributed by atoms with E-state index in [1.165, 1.54) is 18.2 Å². The average Bonchev–Trinajstić information content (AvgIpc) is 3.11. The number of nitrogens with one attached hydrogen (secondary N) is 1. The first kappa shape index (κ1) is 21.1. The molecular formula is C23H17F4NO2S. The largest absolute Gasteiger partial charge is 0.390 e.